The van der Waals surface area contributed by atoms with Gasteiger partial charge in [-0.2, -0.15) is 5.10 Å². The number of rotatable bonds is 3. The van der Waals surface area contributed by atoms with Crippen molar-refractivity contribution >= 4 is 16.9 Å². The SMILES string of the molecule is Cc1cc(-c2nn(C)c3ncnc(N)c23)ccc1OC(C)C. The summed E-state index contributed by atoms with van der Waals surface area (Å²) in [5.41, 5.74) is 9.55. The fourth-order valence-corrected chi connectivity index (χ4v) is 2.49. The minimum atomic E-state index is 0.143. The third-order valence-electron chi connectivity index (χ3n) is 3.46. The molecule has 2 aromatic heterocycles. The molecule has 0 saturated carbocycles. The standard InChI is InChI=1S/C16H19N5O/c1-9(2)22-12-6-5-11(7-10(12)3)14-13-15(17)18-8-19-16(13)21(4)20-14/h5-9H,1-4H3,(H2,17,18,19). The Labute approximate surface area is 128 Å². The number of aromatic nitrogens is 4. The lowest BCUT2D eigenvalue weighted by atomic mass is 10.1. The van der Waals surface area contributed by atoms with Crippen LogP contribution in [-0.4, -0.2) is 25.9 Å². The van der Waals surface area contributed by atoms with Gasteiger partial charge in [0.2, 0.25) is 0 Å². The van der Waals surface area contributed by atoms with Crippen molar-refractivity contribution in [2.24, 2.45) is 7.05 Å². The van der Waals surface area contributed by atoms with E-state index in [0.717, 1.165) is 33.6 Å². The fourth-order valence-electron chi connectivity index (χ4n) is 2.49. The minimum absolute atomic E-state index is 0.143. The summed E-state index contributed by atoms with van der Waals surface area (Å²) in [7, 11) is 1.85. The van der Waals surface area contributed by atoms with Crippen LogP contribution in [0.1, 0.15) is 19.4 Å². The Bertz CT molecular complexity index is 838. The van der Waals surface area contributed by atoms with Gasteiger partial charge in [-0.25, -0.2) is 14.6 Å². The van der Waals surface area contributed by atoms with E-state index in [1.165, 1.54) is 6.33 Å². The molecule has 0 radical (unpaired) electrons. The molecule has 0 amide bonds. The normalized spacial score (nSPS) is 11.3. The van der Waals surface area contributed by atoms with Gasteiger partial charge in [-0.15, -0.1) is 0 Å². The summed E-state index contributed by atoms with van der Waals surface area (Å²) in [6.45, 7) is 6.04. The summed E-state index contributed by atoms with van der Waals surface area (Å²) in [6.07, 6.45) is 1.60. The Hall–Kier alpha value is -2.63. The summed E-state index contributed by atoms with van der Waals surface area (Å²) in [5.74, 6) is 1.32. The molecule has 0 aliphatic rings. The summed E-state index contributed by atoms with van der Waals surface area (Å²) in [6, 6.07) is 6.00. The van der Waals surface area contributed by atoms with E-state index in [1.807, 2.05) is 46.0 Å². The van der Waals surface area contributed by atoms with E-state index >= 15 is 0 Å². The van der Waals surface area contributed by atoms with Gasteiger partial charge in [0.1, 0.15) is 23.6 Å². The Morgan fingerprint density at radius 2 is 2.00 bits per heavy atom. The van der Waals surface area contributed by atoms with Gasteiger partial charge >= 0.3 is 0 Å². The number of aryl methyl sites for hydroxylation is 2. The molecule has 6 heteroatoms. The lowest BCUT2D eigenvalue weighted by Crippen LogP contribution is -2.06. The first-order valence-electron chi connectivity index (χ1n) is 7.18. The maximum absolute atomic E-state index is 6.01. The van der Waals surface area contributed by atoms with E-state index in [9.17, 15) is 0 Å². The van der Waals surface area contributed by atoms with Crippen molar-refractivity contribution in [3.05, 3.63) is 30.1 Å². The first-order valence-corrected chi connectivity index (χ1v) is 7.18. The second-order valence-electron chi connectivity index (χ2n) is 5.58. The zero-order valence-electron chi connectivity index (χ0n) is 13.2. The van der Waals surface area contributed by atoms with Crippen LogP contribution in [0.4, 0.5) is 5.82 Å². The molecular formula is C16H19N5O. The van der Waals surface area contributed by atoms with Gasteiger partial charge in [0.05, 0.1) is 11.5 Å². The highest BCUT2D eigenvalue weighted by molar-refractivity contribution is 5.98. The number of fused-ring (bicyclic) bond motifs is 1. The molecule has 0 unspecified atom stereocenters. The summed E-state index contributed by atoms with van der Waals surface area (Å²) in [5, 5.41) is 5.33. The van der Waals surface area contributed by atoms with Gasteiger partial charge in [0.15, 0.2) is 5.65 Å². The van der Waals surface area contributed by atoms with Crippen LogP contribution >= 0.6 is 0 Å². The van der Waals surface area contributed by atoms with E-state index in [2.05, 4.69) is 15.1 Å². The maximum Gasteiger partial charge on any atom is 0.163 e. The van der Waals surface area contributed by atoms with Crippen LogP contribution in [0.5, 0.6) is 5.75 Å². The number of benzene rings is 1. The minimum Gasteiger partial charge on any atom is -0.491 e. The molecule has 22 heavy (non-hydrogen) atoms. The summed E-state index contributed by atoms with van der Waals surface area (Å²) >= 11 is 0. The second kappa shape index (κ2) is 5.29. The highest BCUT2D eigenvalue weighted by Crippen LogP contribution is 2.32. The maximum atomic E-state index is 6.01. The summed E-state index contributed by atoms with van der Waals surface area (Å²) in [4.78, 5) is 8.33. The second-order valence-corrected chi connectivity index (χ2v) is 5.58. The molecule has 3 rings (SSSR count). The van der Waals surface area contributed by atoms with Gasteiger partial charge in [0.25, 0.3) is 0 Å². The van der Waals surface area contributed by atoms with Crippen LogP contribution in [0, 0.1) is 6.92 Å². The average molecular weight is 297 g/mol. The highest BCUT2D eigenvalue weighted by atomic mass is 16.5. The van der Waals surface area contributed by atoms with Crippen molar-refractivity contribution in [3.63, 3.8) is 0 Å². The van der Waals surface area contributed by atoms with Crippen LogP contribution in [0.3, 0.4) is 0 Å². The lowest BCUT2D eigenvalue weighted by Gasteiger charge is -2.13. The Kier molecular flexibility index (Phi) is 3.44. The Morgan fingerprint density at radius 1 is 1.23 bits per heavy atom. The van der Waals surface area contributed by atoms with E-state index < -0.39 is 0 Å². The Morgan fingerprint density at radius 3 is 2.68 bits per heavy atom. The Balaban J connectivity index is 2.14. The topological polar surface area (TPSA) is 78.9 Å². The van der Waals surface area contributed by atoms with Crippen molar-refractivity contribution in [1.82, 2.24) is 19.7 Å². The molecular weight excluding hydrogens is 278 g/mol. The molecule has 6 nitrogen and oxygen atoms in total. The lowest BCUT2D eigenvalue weighted by molar-refractivity contribution is 0.241. The number of hydrogen-bond acceptors (Lipinski definition) is 5. The number of nitrogens with two attached hydrogens (primary N) is 1. The average Bonchev–Trinajstić information content (AvgIpc) is 2.80. The van der Waals surface area contributed by atoms with Crippen LogP contribution in [0.25, 0.3) is 22.3 Å². The summed E-state index contributed by atoms with van der Waals surface area (Å²) < 4.78 is 7.50. The number of anilines is 1. The fraction of sp³-hybridized carbons (Fsp3) is 0.312. The molecule has 0 saturated heterocycles. The molecule has 0 bridgehead atoms. The van der Waals surface area contributed by atoms with Gasteiger partial charge in [-0.3, -0.25) is 0 Å². The molecule has 2 N–H and O–H groups in total. The van der Waals surface area contributed by atoms with Gasteiger partial charge in [-0.1, -0.05) is 0 Å². The predicted molar refractivity (Wildman–Crippen MR) is 86.7 cm³/mol. The van der Waals surface area contributed by atoms with Crippen molar-refractivity contribution in [2.75, 3.05) is 5.73 Å². The van der Waals surface area contributed by atoms with Crippen LogP contribution in [0.15, 0.2) is 24.5 Å². The third kappa shape index (κ3) is 2.36. The monoisotopic (exact) mass is 297 g/mol. The van der Waals surface area contributed by atoms with Gasteiger partial charge in [-0.05, 0) is 44.5 Å². The first-order chi connectivity index (χ1) is 10.5. The van der Waals surface area contributed by atoms with E-state index in [1.54, 1.807) is 4.68 Å². The molecule has 0 spiro atoms. The van der Waals surface area contributed by atoms with Crippen LogP contribution in [-0.2, 0) is 7.05 Å². The molecule has 1 aromatic carbocycles. The van der Waals surface area contributed by atoms with Crippen molar-refractivity contribution in [3.8, 4) is 17.0 Å². The largest absolute Gasteiger partial charge is 0.491 e. The van der Waals surface area contributed by atoms with E-state index in [0.29, 0.717) is 5.82 Å². The predicted octanol–water partition coefficient (Wildman–Crippen LogP) is 2.71. The zero-order valence-corrected chi connectivity index (χ0v) is 13.2. The molecule has 0 aliphatic carbocycles. The van der Waals surface area contributed by atoms with Crippen LogP contribution < -0.4 is 10.5 Å². The molecule has 3 aromatic rings. The number of hydrogen-bond donors (Lipinski definition) is 1. The smallest absolute Gasteiger partial charge is 0.163 e. The van der Waals surface area contributed by atoms with E-state index in [-0.39, 0.29) is 6.10 Å². The molecule has 0 fully saturated rings. The molecule has 114 valence electrons. The quantitative estimate of drug-likeness (QED) is 0.804. The van der Waals surface area contributed by atoms with Crippen molar-refractivity contribution in [2.45, 2.75) is 26.9 Å². The van der Waals surface area contributed by atoms with Crippen molar-refractivity contribution < 1.29 is 4.74 Å². The first kappa shape index (κ1) is 14.3. The van der Waals surface area contributed by atoms with E-state index in [4.69, 9.17) is 10.5 Å². The van der Waals surface area contributed by atoms with Gasteiger partial charge < -0.3 is 10.5 Å². The molecule has 0 aliphatic heterocycles. The third-order valence-corrected chi connectivity index (χ3v) is 3.46. The number of ether oxygens (including phenoxy) is 1. The molecule has 0 atom stereocenters. The highest BCUT2D eigenvalue weighted by Gasteiger charge is 2.16. The molecule has 2 heterocycles. The zero-order chi connectivity index (χ0) is 15.9. The van der Waals surface area contributed by atoms with Gasteiger partial charge in [0, 0.05) is 12.6 Å². The van der Waals surface area contributed by atoms with Crippen LogP contribution in [0.2, 0.25) is 0 Å². The number of nitrogens with zero attached hydrogens (tertiary/aromatic N) is 4. The number of nitrogen functional groups attached to an aromatic ring is 1. The van der Waals surface area contributed by atoms with Crippen molar-refractivity contribution in [1.29, 1.82) is 0 Å².